The van der Waals surface area contributed by atoms with Crippen molar-refractivity contribution in [3.63, 3.8) is 0 Å². The zero-order valence-corrected chi connectivity index (χ0v) is 12.4. The molecule has 0 N–H and O–H groups in total. The number of piperidine rings is 1. The Hall–Kier alpha value is -0.640. The summed E-state index contributed by atoms with van der Waals surface area (Å²) in [7, 11) is 0. The average Bonchev–Trinajstić information content (AvgIpc) is 2.28. The predicted octanol–water partition coefficient (Wildman–Crippen LogP) is 3.74. The van der Waals surface area contributed by atoms with Crippen molar-refractivity contribution >= 4 is 21.7 Å². The van der Waals surface area contributed by atoms with Gasteiger partial charge in [-0.05, 0) is 42.1 Å². The number of hydrogen-bond acceptors (Lipinski definition) is 3. The van der Waals surface area contributed by atoms with Crippen LogP contribution in [0.1, 0.15) is 51.8 Å². The highest BCUT2D eigenvalue weighted by Crippen LogP contribution is 2.26. The Balaban J connectivity index is 2.30. The van der Waals surface area contributed by atoms with E-state index in [4.69, 9.17) is 4.98 Å². The number of anilines is 1. The fourth-order valence-electron chi connectivity index (χ4n) is 2.27. The van der Waals surface area contributed by atoms with E-state index in [1.807, 2.05) is 6.07 Å². The maximum atomic E-state index is 4.69. The highest BCUT2D eigenvalue weighted by atomic mass is 79.9. The van der Waals surface area contributed by atoms with E-state index < -0.39 is 0 Å². The van der Waals surface area contributed by atoms with Gasteiger partial charge in [-0.15, -0.1) is 0 Å². The second kappa shape index (κ2) is 5.34. The van der Waals surface area contributed by atoms with Crippen LogP contribution in [0.15, 0.2) is 10.7 Å². The lowest BCUT2D eigenvalue weighted by Crippen LogP contribution is -2.38. The Morgan fingerprint density at radius 2 is 2.12 bits per heavy atom. The Morgan fingerprint density at radius 3 is 2.76 bits per heavy atom. The van der Waals surface area contributed by atoms with E-state index in [-0.39, 0.29) is 0 Å². The van der Waals surface area contributed by atoms with E-state index in [1.165, 1.54) is 19.3 Å². The molecular formula is C13H20BrN3. The molecule has 3 nitrogen and oxygen atoms in total. The van der Waals surface area contributed by atoms with Gasteiger partial charge >= 0.3 is 0 Å². The first-order valence-corrected chi connectivity index (χ1v) is 7.18. The van der Waals surface area contributed by atoms with E-state index in [0.29, 0.717) is 12.0 Å². The number of nitrogens with zero attached hydrogens (tertiary/aromatic N) is 3. The molecule has 94 valence electrons. The lowest BCUT2D eigenvalue weighted by Gasteiger charge is -2.34. The van der Waals surface area contributed by atoms with Gasteiger partial charge in [-0.3, -0.25) is 0 Å². The first-order valence-electron chi connectivity index (χ1n) is 6.39. The summed E-state index contributed by atoms with van der Waals surface area (Å²) in [5.74, 6) is 2.36. The molecule has 2 heterocycles. The monoisotopic (exact) mass is 297 g/mol. The van der Waals surface area contributed by atoms with Crippen LogP contribution in [0.3, 0.4) is 0 Å². The van der Waals surface area contributed by atoms with Crippen LogP contribution in [0.4, 0.5) is 5.82 Å². The molecule has 17 heavy (non-hydrogen) atoms. The predicted molar refractivity (Wildman–Crippen MR) is 74.5 cm³/mol. The molecule has 0 bridgehead atoms. The maximum absolute atomic E-state index is 4.69. The first kappa shape index (κ1) is 12.8. The summed E-state index contributed by atoms with van der Waals surface area (Å²) in [6.45, 7) is 7.66. The van der Waals surface area contributed by atoms with Gasteiger partial charge in [0, 0.05) is 24.6 Å². The third-order valence-corrected chi connectivity index (χ3v) is 3.72. The number of rotatable bonds is 2. The van der Waals surface area contributed by atoms with E-state index in [0.717, 1.165) is 22.8 Å². The lowest BCUT2D eigenvalue weighted by molar-refractivity contribution is 0.480. The summed E-state index contributed by atoms with van der Waals surface area (Å²) >= 11 is 3.49. The van der Waals surface area contributed by atoms with Crippen molar-refractivity contribution in [2.45, 2.75) is 52.0 Å². The molecule has 2 rings (SSSR count). The van der Waals surface area contributed by atoms with Gasteiger partial charge in [0.2, 0.25) is 0 Å². The minimum Gasteiger partial charge on any atom is -0.354 e. The summed E-state index contributed by atoms with van der Waals surface area (Å²) in [5.41, 5.74) is 0. The van der Waals surface area contributed by atoms with Gasteiger partial charge in [0.25, 0.3) is 0 Å². The van der Waals surface area contributed by atoms with Crippen molar-refractivity contribution in [3.8, 4) is 0 Å². The molecule has 1 aliphatic rings. The Bertz CT molecular complexity index is 392. The second-order valence-electron chi connectivity index (χ2n) is 5.10. The SMILES string of the molecule is CC(C)c1nc(Br)cc(N2CCCCC2C)n1. The Labute approximate surface area is 112 Å². The molecule has 0 aliphatic carbocycles. The summed E-state index contributed by atoms with van der Waals surface area (Å²) in [5, 5.41) is 0. The van der Waals surface area contributed by atoms with Gasteiger partial charge < -0.3 is 4.90 Å². The standard InChI is InChI=1S/C13H20BrN3/c1-9(2)13-15-11(14)8-12(16-13)17-7-5-4-6-10(17)3/h8-10H,4-7H2,1-3H3. The highest BCUT2D eigenvalue weighted by Gasteiger charge is 2.21. The molecule has 4 heteroatoms. The van der Waals surface area contributed by atoms with Gasteiger partial charge in [0.15, 0.2) is 0 Å². The van der Waals surface area contributed by atoms with Gasteiger partial charge in [-0.25, -0.2) is 9.97 Å². The highest BCUT2D eigenvalue weighted by molar-refractivity contribution is 9.10. The van der Waals surface area contributed by atoms with Crippen LogP contribution in [0.25, 0.3) is 0 Å². The molecular weight excluding hydrogens is 278 g/mol. The van der Waals surface area contributed by atoms with Gasteiger partial charge in [-0.2, -0.15) is 0 Å². The largest absolute Gasteiger partial charge is 0.354 e. The van der Waals surface area contributed by atoms with Crippen molar-refractivity contribution in [3.05, 3.63) is 16.5 Å². The first-order chi connectivity index (χ1) is 8.08. The molecule has 1 aromatic heterocycles. The number of halogens is 1. The molecule has 1 aliphatic heterocycles. The zero-order chi connectivity index (χ0) is 12.4. The van der Waals surface area contributed by atoms with E-state index in [2.05, 4.69) is 46.6 Å². The van der Waals surface area contributed by atoms with Gasteiger partial charge in [0.1, 0.15) is 16.2 Å². The van der Waals surface area contributed by atoms with Crippen LogP contribution >= 0.6 is 15.9 Å². The molecule has 1 atom stereocenters. The Morgan fingerprint density at radius 1 is 1.35 bits per heavy atom. The quantitative estimate of drug-likeness (QED) is 0.779. The third-order valence-electron chi connectivity index (χ3n) is 3.31. The number of hydrogen-bond donors (Lipinski definition) is 0. The fourth-order valence-corrected chi connectivity index (χ4v) is 2.65. The third kappa shape index (κ3) is 2.97. The van der Waals surface area contributed by atoms with E-state index in [9.17, 15) is 0 Å². The summed E-state index contributed by atoms with van der Waals surface area (Å²) in [6, 6.07) is 2.62. The molecule has 0 aromatic carbocycles. The van der Waals surface area contributed by atoms with Gasteiger partial charge in [0.05, 0.1) is 0 Å². The summed E-state index contributed by atoms with van der Waals surface area (Å²) in [4.78, 5) is 11.5. The number of aromatic nitrogens is 2. The Kier molecular flexibility index (Phi) is 4.02. The van der Waals surface area contributed by atoms with Crippen LogP contribution in [0.2, 0.25) is 0 Å². The van der Waals surface area contributed by atoms with Gasteiger partial charge in [-0.1, -0.05) is 13.8 Å². The van der Waals surface area contributed by atoms with Crippen LogP contribution in [-0.4, -0.2) is 22.6 Å². The van der Waals surface area contributed by atoms with E-state index >= 15 is 0 Å². The molecule has 0 amide bonds. The smallest absolute Gasteiger partial charge is 0.134 e. The van der Waals surface area contributed by atoms with Crippen LogP contribution < -0.4 is 4.90 Å². The van der Waals surface area contributed by atoms with Crippen LogP contribution in [-0.2, 0) is 0 Å². The molecule has 0 spiro atoms. The molecule has 1 fully saturated rings. The molecule has 1 unspecified atom stereocenters. The normalized spacial score (nSPS) is 21.0. The van der Waals surface area contributed by atoms with Crippen molar-refractivity contribution in [1.29, 1.82) is 0 Å². The fraction of sp³-hybridized carbons (Fsp3) is 0.692. The molecule has 0 radical (unpaired) electrons. The minimum atomic E-state index is 0.367. The molecule has 0 saturated carbocycles. The van der Waals surface area contributed by atoms with Crippen molar-refractivity contribution in [2.24, 2.45) is 0 Å². The van der Waals surface area contributed by atoms with Crippen LogP contribution in [0, 0.1) is 0 Å². The van der Waals surface area contributed by atoms with E-state index in [1.54, 1.807) is 0 Å². The topological polar surface area (TPSA) is 29.0 Å². The lowest BCUT2D eigenvalue weighted by atomic mass is 10.0. The summed E-state index contributed by atoms with van der Waals surface area (Å²) in [6.07, 6.45) is 3.86. The molecule has 1 aromatic rings. The minimum absolute atomic E-state index is 0.367. The van der Waals surface area contributed by atoms with Crippen molar-refractivity contribution < 1.29 is 0 Å². The summed E-state index contributed by atoms with van der Waals surface area (Å²) < 4.78 is 0.893. The van der Waals surface area contributed by atoms with Crippen molar-refractivity contribution in [1.82, 2.24) is 9.97 Å². The average molecular weight is 298 g/mol. The van der Waals surface area contributed by atoms with Crippen LogP contribution in [0.5, 0.6) is 0 Å². The second-order valence-corrected chi connectivity index (χ2v) is 5.91. The molecule has 1 saturated heterocycles. The maximum Gasteiger partial charge on any atom is 0.134 e. The van der Waals surface area contributed by atoms with Crippen molar-refractivity contribution in [2.75, 3.05) is 11.4 Å². The zero-order valence-electron chi connectivity index (χ0n) is 10.8.